The molecule has 0 spiro atoms. The van der Waals surface area contributed by atoms with Gasteiger partial charge in [-0.2, -0.15) is 0 Å². The van der Waals surface area contributed by atoms with E-state index in [1.54, 1.807) is 14.2 Å². The molecule has 0 N–H and O–H groups in total. The molecular weight excluding hydrogens is 450 g/mol. The van der Waals surface area contributed by atoms with Gasteiger partial charge < -0.3 is 18.9 Å². The van der Waals surface area contributed by atoms with E-state index in [-0.39, 0.29) is 0 Å². The Morgan fingerprint density at radius 3 is 2.11 bits per heavy atom. The van der Waals surface area contributed by atoms with Crippen molar-refractivity contribution < 1.29 is 9.47 Å². The fourth-order valence-corrected chi connectivity index (χ4v) is 5.02. The van der Waals surface area contributed by atoms with Crippen LogP contribution in [0.2, 0.25) is 0 Å². The Kier molecular flexibility index (Phi) is 6.58. The van der Waals surface area contributed by atoms with Gasteiger partial charge in [-0.25, -0.2) is 9.97 Å². The number of piperazine rings is 1. The molecule has 2 aromatic carbocycles. The zero-order valence-electron chi connectivity index (χ0n) is 22.1. The highest BCUT2D eigenvalue weighted by molar-refractivity contribution is 5.83. The van der Waals surface area contributed by atoms with E-state index in [1.807, 2.05) is 25.2 Å². The first-order chi connectivity index (χ1) is 17.4. The monoisotopic (exact) mass is 485 g/mol. The predicted octanol–water partition coefficient (Wildman–Crippen LogP) is 5.16. The van der Waals surface area contributed by atoms with Crippen molar-refractivity contribution in [3.05, 3.63) is 54.1 Å². The molecule has 1 saturated heterocycles. The first-order valence-corrected chi connectivity index (χ1v) is 12.6. The summed E-state index contributed by atoms with van der Waals surface area (Å²) in [6.07, 6.45) is 0. The molecule has 1 aliphatic heterocycles. The van der Waals surface area contributed by atoms with E-state index in [1.165, 1.54) is 5.69 Å². The number of imidazole rings is 1. The summed E-state index contributed by atoms with van der Waals surface area (Å²) in [5, 5.41) is 0. The van der Waals surface area contributed by atoms with Gasteiger partial charge in [0.15, 0.2) is 17.1 Å². The van der Waals surface area contributed by atoms with E-state index < -0.39 is 0 Å². The summed E-state index contributed by atoms with van der Waals surface area (Å²) in [7, 11) is 5.30. The summed E-state index contributed by atoms with van der Waals surface area (Å²) >= 11 is 0. The van der Waals surface area contributed by atoms with Crippen molar-refractivity contribution in [2.24, 2.45) is 7.05 Å². The lowest BCUT2D eigenvalue weighted by molar-refractivity contribution is 0.209. The molecule has 1 fully saturated rings. The molecule has 7 heteroatoms. The van der Waals surface area contributed by atoms with Crippen LogP contribution in [0.5, 0.6) is 11.5 Å². The number of benzene rings is 2. The van der Waals surface area contributed by atoms with Crippen LogP contribution >= 0.6 is 0 Å². The minimum absolute atomic E-state index is 0.609. The van der Waals surface area contributed by atoms with E-state index in [0.29, 0.717) is 17.5 Å². The molecule has 7 nitrogen and oxygen atoms in total. The number of nitrogens with zero attached hydrogens (tertiary/aromatic N) is 5. The summed E-state index contributed by atoms with van der Waals surface area (Å²) in [6.45, 7) is 11.0. The normalized spacial score (nSPS) is 14.6. The van der Waals surface area contributed by atoms with Crippen LogP contribution in [0, 0.1) is 6.92 Å². The molecule has 0 atom stereocenters. The van der Waals surface area contributed by atoms with Gasteiger partial charge in [0.1, 0.15) is 11.3 Å². The van der Waals surface area contributed by atoms with E-state index in [2.05, 4.69) is 65.5 Å². The molecule has 0 aliphatic carbocycles. The Labute approximate surface area is 213 Å². The van der Waals surface area contributed by atoms with Gasteiger partial charge in [0.2, 0.25) is 0 Å². The highest BCUT2D eigenvalue weighted by atomic mass is 16.5. The van der Waals surface area contributed by atoms with E-state index in [4.69, 9.17) is 19.4 Å². The lowest BCUT2D eigenvalue weighted by Crippen LogP contribution is -2.48. The van der Waals surface area contributed by atoms with Gasteiger partial charge in [-0.3, -0.25) is 4.90 Å². The number of hydrogen-bond donors (Lipinski definition) is 0. The maximum atomic E-state index is 5.50. The van der Waals surface area contributed by atoms with Crippen LogP contribution in [0.4, 0.5) is 5.69 Å². The molecule has 4 aromatic rings. The first kappa shape index (κ1) is 24.1. The number of fused-ring (bicyclic) bond motifs is 1. The summed E-state index contributed by atoms with van der Waals surface area (Å²) < 4.78 is 12.9. The highest BCUT2D eigenvalue weighted by Crippen LogP contribution is 2.34. The fraction of sp³-hybridized carbons (Fsp3) is 0.379. The van der Waals surface area contributed by atoms with Gasteiger partial charge in [-0.15, -0.1) is 0 Å². The van der Waals surface area contributed by atoms with E-state index in [0.717, 1.165) is 65.6 Å². The second-order valence-electron chi connectivity index (χ2n) is 9.72. The number of rotatable bonds is 6. The predicted molar refractivity (Wildman–Crippen MR) is 146 cm³/mol. The van der Waals surface area contributed by atoms with Gasteiger partial charge in [0.05, 0.1) is 19.9 Å². The molecule has 5 rings (SSSR count). The molecule has 0 saturated carbocycles. The van der Waals surface area contributed by atoms with Crippen LogP contribution in [0.3, 0.4) is 0 Å². The van der Waals surface area contributed by atoms with Crippen molar-refractivity contribution in [3.8, 4) is 34.1 Å². The molecule has 3 heterocycles. The smallest absolute Gasteiger partial charge is 0.161 e. The van der Waals surface area contributed by atoms with Gasteiger partial charge in [-0.05, 0) is 62.7 Å². The molecule has 0 radical (unpaired) electrons. The quantitative estimate of drug-likeness (QED) is 0.376. The zero-order valence-corrected chi connectivity index (χ0v) is 22.1. The Hall–Kier alpha value is -3.58. The van der Waals surface area contributed by atoms with Crippen LogP contribution in [-0.2, 0) is 7.05 Å². The van der Waals surface area contributed by atoms with Crippen molar-refractivity contribution in [1.29, 1.82) is 0 Å². The molecule has 2 aromatic heterocycles. The highest BCUT2D eigenvalue weighted by Gasteiger charge is 2.20. The Morgan fingerprint density at radius 1 is 0.806 bits per heavy atom. The lowest BCUT2D eigenvalue weighted by atomic mass is 10.1. The number of hydrogen-bond acceptors (Lipinski definition) is 6. The van der Waals surface area contributed by atoms with Crippen molar-refractivity contribution >= 4 is 16.9 Å². The largest absolute Gasteiger partial charge is 0.493 e. The van der Waals surface area contributed by atoms with Crippen LogP contribution < -0.4 is 14.4 Å². The second kappa shape index (κ2) is 9.82. The van der Waals surface area contributed by atoms with Crippen molar-refractivity contribution in [2.45, 2.75) is 26.8 Å². The number of anilines is 1. The topological polar surface area (TPSA) is 55.7 Å². The number of pyridine rings is 1. The van der Waals surface area contributed by atoms with Crippen LogP contribution in [0.15, 0.2) is 48.5 Å². The van der Waals surface area contributed by atoms with Crippen LogP contribution in [0.1, 0.15) is 19.4 Å². The zero-order chi connectivity index (χ0) is 25.4. The third-order valence-electron chi connectivity index (χ3n) is 7.23. The maximum absolute atomic E-state index is 5.50. The van der Waals surface area contributed by atoms with Crippen molar-refractivity contribution in [3.63, 3.8) is 0 Å². The standard InChI is InChI=1S/C29H35N5O2/c1-19(2)33-13-15-34(16-14-33)23-10-7-21(8-11-23)24-17-20(3)27-29(30-24)32(4)28(31-27)22-9-12-25(35-5)26(18-22)36-6/h7-12,17-19H,13-16H2,1-6H3. The Morgan fingerprint density at radius 2 is 1.47 bits per heavy atom. The van der Waals surface area contributed by atoms with Gasteiger partial charge in [0, 0.05) is 56.1 Å². The third kappa shape index (κ3) is 4.39. The molecule has 0 amide bonds. The minimum atomic E-state index is 0.609. The maximum Gasteiger partial charge on any atom is 0.161 e. The minimum Gasteiger partial charge on any atom is -0.493 e. The number of methoxy groups -OCH3 is 2. The molecule has 36 heavy (non-hydrogen) atoms. The average molecular weight is 486 g/mol. The molecule has 0 unspecified atom stereocenters. The number of aromatic nitrogens is 3. The average Bonchev–Trinajstić information content (AvgIpc) is 3.25. The fourth-order valence-electron chi connectivity index (χ4n) is 5.02. The molecular formula is C29H35N5O2. The van der Waals surface area contributed by atoms with Gasteiger partial charge >= 0.3 is 0 Å². The van der Waals surface area contributed by atoms with E-state index >= 15 is 0 Å². The number of aryl methyl sites for hydroxylation is 2. The number of ether oxygens (including phenoxy) is 2. The third-order valence-corrected chi connectivity index (χ3v) is 7.23. The van der Waals surface area contributed by atoms with Crippen molar-refractivity contribution in [1.82, 2.24) is 19.4 Å². The summed E-state index contributed by atoms with van der Waals surface area (Å²) in [6, 6.07) is 17.4. The van der Waals surface area contributed by atoms with E-state index in [9.17, 15) is 0 Å². The van der Waals surface area contributed by atoms with Gasteiger partial charge in [-0.1, -0.05) is 12.1 Å². The van der Waals surface area contributed by atoms with Crippen LogP contribution in [0.25, 0.3) is 33.8 Å². The summed E-state index contributed by atoms with van der Waals surface area (Å²) in [5.74, 6) is 2.22. The first-order valence-electron chi connectivity index (χ1n) is 12.6. The summed E-state index contributed by atoms with van der Waals surface area (Å²) in [5.41, 5.74) is 7.17. The molecule has 0 bridgehead atoms. The second-order valence-corrected chi connectivity index (χ2v) is 9.72. The Bertz CT molecular complexity index is 1370. The molecule has 1 aliphatic rings. The van der Waals surface area contributed by atoms with Gasteiger partial charge in [0.25, 0.3) is 0 Å². The molecule has 188 valence electrons. The van der Waals surface area contributed by atoms with Crippen LogP contribution in [-0.4, -0.2) is 65.9 Å². The summed E-state index contributed by atoms with van der Waals surface area (Å²) in [4.78, 5) is 15.0. The Balaban J connectivity index is 1.44. The lowest BCUT2D eigenvalue weighted by Gasteiger charge is -2.38. The van der Waals surface area contributed by atoms with Crippen molar-refractivity contribution in [2.75, 3.05) is 45.3 Å². The SMILES string of the molecule is COc1ccc(-c2nc3c(C)cc(-c4ccc(N5CCN(C(C)C)CC5)cc4)nc3n2C)cc1OC.